The van der Waals surface area contributed by atoms with Gasteiger partial charge in [-0.25, -0.2) is 0 Å². The Hall–Kier alpha value is -1.14. The van der Waals surface area contributed by atoms with E-state index in [1.165, 1.54) is 4.90 Å². The van der Waals surface area contributed by atoms with Gasteiger partial charge in [-0.3, -0.25) is 9.59 Å². The van der Waals surface area contributed by atoms with Gasteiger partial charge in [-0.1, -0.05) is 0 Å². The molecule has 2 atom stereocenters. The maximum Gasteiger partial charge on any atom is 0.242 e. The summed E-state index contributed by atoms with van der Waals surface area (Å²) in [6, 6.07) is -0.522. The summed E-state index contributed by atoms with van der Waals surface area (Å²) >= 11 is 0. The van der Waals surface area contributed by atoms with Crippen molar-refractivity contribution in [3.8, 4) is 0 Å². The van der Waals surface area contributed by atoms with Gasteiger partial charge in [0.2, 0.25) is 11.8 Å². The SMILES string of the molecule is CC(N)CCCC(=O)N1CCOCC1C(N)=O. The predicted octanol–water partition coefficient (Wildman–Crippen LogP) is -0.783. The molecule has 0 aromatic heterocycles. The first kappa shape index (κ1) is 13.9. The van der Waals surface area contributed by atoms with E-state index in [1.54, 1.807) is 0 Å². The molecule has 1 saturated heterocycles. The summed E-state index contributed by atoms with van der Waals surface area (Å²) in [5.41, 5.74) is 10.9. The van der Waals surface area contributed by atoms with Crippen molar-refractivity contribution in [1.82, 2.24) is 4.90 Å². The van der Waals surface area contributed by atoms with E-state index in [2.05, 4.69) is 0 Å². The van der Waals surface area contributed by atoms with Crippen molar-refractivity contribution in [2.75, 3.05) is 19.8 Å². The first-order valence-electron chi connectivity index (χ1n) is 5.94. The van der Waals surface area contributed by atoms with Crippen molar-refractivity contribution in [2.45, 2.75) is 38.3 Å². The van der Waals surface area contributed by atoms with Crippen molar-refractivity contribution in [2.24, 2.45) is 11.5 Å². The van der Waals surface area contributed by atoms with E-state index in [1.807, 2.05) is 6.92 Å². The number of ether oxygens (including phenoxy) is 1. The third-order valence-electron chi connectivity index (χ3n) is 2.83. The normalized spacial score (nSPS) is 22.2. The van der Waals surface area contributed by atoms with Crippen molar-refractivity contribution >= 4 is 11.8 Å². The van der Waals surface area contributed by atoms with Crippen LogP contribution < -0.4 is 11.5 Å². The molecular formula is C11H21N3O3. The fraction of sp³-hybridized carbons (Fsp3) is 0.818. The third-order valence-corrected chi connectivity index (χ3v) is 2.83. The van der Waals surface area contributed by atoms with Crippen LogP contribution in [0.15, 0.2) is 0 Å². The third kappa shape index (κ3) is 4.32. The summed E-state index contributed by atoms with van der Waals surface area (Å²) in [5.74, 6) is -0.553. The van der Waals surface area contributed by atoms with Gasteiger partial charge >= 0.3 is 0 Å². The van der Waals surface area contributed by atoms with Gasteiger partial charge in [0.25, 0.3) is 0 Å². The average molecular weight is 243 g/mol. The highest BCUT2D eigenvalue weighted by atomic mass is 16.5. The zero-order valence-corrected chi connectivity index (χ0v) is 10.2. The Morgan fingerprint density at radius 2 is 2.24 bits per heavy atom. The molecule has 2 unspecified atom stereocenters. The molecule has 0 aliphatic carbocycles. The number of hydrogen-bond donors (Lipinski definition) is 2. The monoisotopic (exact) mass is 243 g/mol. The molecular weight excluding hydrogens is 222 g/mol. The Bertz CT molecular complexity index is 281. The highest BCUT2D eigenvalue weighted by molar-refractivity contribution is 5.86. The van der Waals surface area contributed by atoms with Crippen LogP contribution in [0.4, 0.5) is 0 Å². The molecule has 0 spiro atoms. The lowest BCUT2D eigenvalue weighted by molar-refractivity contribution is -0.147. The highest BCUT2D eigenvalue weighted by Gasteiger charge is 2.30. The number of carbonyl (C=O) groups excluding carboxylic acids is 2. The molecule has 17 heavy (non-hydrogen) atoms. The fourth-order valence-corrected chi connectivity index (χ4v) is 1.86. The summed E-state index contributed by atoms with van der Waals surface area (Å²) in [6.07, 6.45) is 1.95. The van der Waals surface area contributed by atoms with Crippen molar-refractivity contribution in [1.29, 1.82) is 0 Å². The highest BCUT2D eigenvalue weighted by Crippen LogP contribution is 2.10. The van der Waals surface area contributed by atoms with Gasteiger partial charge in [-0.05, 0) is 19.8 Å². The zero-order chi connectivity index (χ0) is 12.8. The Labute approximate surface area is 101 Å². The molecule has 1 rings (SSSR count). The Kier molecular flexibility index (Phi) is 5.37. The van der Waals surface area contributed by atoms with Gasteiger partial charge in [-0.15, -0.1) is 0 Å². The van der Waals surface area contributed by atoms with E-state index in [0.29, 0.717) is 19.6 Å². The smallest absolute Gasteiger partial charge is 0.242 e. The number of rotatable bonds is 5. The summed E-state index contributed by atoms with van der Waals surface area (Å²) < 4.78 is 5.15. The summed E-state index contributed by atoms with van der Waals surface area (Å²) in [7, 11) is 0. The van der Waals surface area contributed by atoms with Gasteiger partial charge in [-0.2, -0.15) is 0 Å². The van der Waals surface area contributed by atoms with Crippen molar-refractivity contribution in [3.63, 3.8) is 0 Å². The Morgan fingerprint density at radius 3 is 2.82 bits per heavy atom. The standard InChI is InChI=1S/C11H21N3O3/c1-8(12)3-2-4-10(15)14-5-6-17-7-9(14)11(13)16/h8-9H,2-7,12H2,1H3,(H2,13,16). The van der Waals surface area contributed by atoms with Gasteiger partial charge in [0.15, 0.2) is 0 Å². The minimum Gasteiger partial charge on any atom is -0.377 e. The molecule has 1 heterocycles. The number of amides is 2. The number of morpholine rings is 1. The molecule has 2 amide bonds. The Balaban J connectivity index is 2.45. The molecule has 6 heteroatoms. The van der Waals surface area contributed by atoms with Crippen molar-refractivity contribution in [3.05, 3.63) is 0 Å². The van der Waals surface area contributed by atoms with Gasteiger partial charge < -0.3 is 21.1 Å². The minimum atomic E-state index is -0.619. The second-order valence-electron chi connectivity index (χ2n) is 4.45. The van der Waals surface area contributed by atoms with E-state index in [9.17, 15) is 9.59 Å². The van der Waals surface area contributed by atoms with Gasteiger partial charge in [0.05, 0.1) is 13.2 Å². The lowest BCUT2D eigenvalue weighted by atomic mass is 10.1. The molecule has 1 aliphatic heterocycles. The quantitative estimate of drug-likeness (QED) is 0.661. The van der Waals surface area contributed by atoms with Crippen LogP contribution in [0.2, 0.25) is 0 Å². The van der Waals surface area contributed by atoms with E-state index >= 15 is 0 Å². The molecule has 0 bridgehead atoms. The second-order valence-corrected chi connectivity index (χ2v) is 4.45. The molecule has 1 fully saturated rings. The van der Waals surface area contributed by atoms with Crippen LogP contribution in [0.1, 0.15) is 26.2 Å². The molecule has 0 radical (unpaired) electrons. The van der Waals surface area contributed by atoms with Crippen molar-refractivity contribution < 1.29 is 14.3 Å². The van der Waals surface area contributed by atoms with Gasteiger partial charge in [0, 0.05) is 19.0 Å². The average Bonchev–Trinajstić information content (AvgIpc) is 2.28. The van der Waals surface area contributed by atoms with Gasteiger partial charge in [0.1, 0.15) is 6.04 Å². The lowest BCUT2D eigenvalue weighted by Gasteiger charge is -2.33. The van der Waals surface area contributed by atoms with Crippen LogP contribution in [0.5, 0.6) is 0 Å². The number of primary amides is 1. The molecule has 4 N–H and O–H groups in total. The summed E-state index contributed by atoms with van der Waals surface area (Å²) in [4.78, 5) is 24.6. The lowest BCUT2D eigenvalue weighted by Crippen LogP contribution is -2.54. The zero-order valence-electron chi connectivity index (χ0n) is 10.2. The molecule has 1 aliphatic rings. The second kappa shape index (κ2) is 6.56. The van der Waals surface area contributed by atoms with Crippen LogP contribution in [-0.4, -0.2) is 48.6 Å². The molecule has 6 nitrogen and oxygen atoms in total. The van der Waals surface area contributed by atoms with E-state index < -0.39 is 11.9 Å². The Morgan fingerprint density at radius 1 is 1.53 bits per heavy atom. The van der Waals surface area contributed by atoms with Crippen LogP contribution in [-0.2, 0) is 14.3 Å². The molecule has 0 saturated carbocycles. The maximum absolute atomic E-state index is 11.9. The molecule has 98 valence electrons. The maximum atomic E-state index is 11.9. The first-order chi connectivity index (χ1) is 8.02. The summed E-state index contributed by atoms with van der Waals surface area (Å²) in [6.45, 7) is 3.01. The predicted molar refractivity (Wildman–Crippen MR) is 63.0 cm³/mol. The number of nitrogens with two attached hydrogens (primary N) is 2. The largest absolute Gasteiger partial charge is 0.377 e. The topological polar surface area (TPSA) is 98.7 Å². The minimum absolute atomic E-state index is 0.0437. The number of carbonyl (C=O) groups is 2. The van der Waals surface area contributed by atoms with E-state index in [-0.39, 0.29) is 18.6 Å². The number of nitrogens with zero attached hydrogens (tertiary/aromatic N) is 1. The molecule has 0 aromatic rings. The van der Waals surface area contributed by atoms with Crippen LogP contribution in [0.3, 0.4) is 0 Å². The van der Waals surface area contributed by atoms with Crippen LogP contribution in [0.25, 0.3) is 0 Å². The fourth-order valence-electron chi connectivity index (χ4n) is 1.86. The van der Waals surface area contributed by atoms with Crippen LogP contribution in [0, 0.1) is 0 Å². The number of hydrogen-bond acceptors (Lipinski definition) is 4. The van der Waals surface area contributed by atoms with E-state index in [0.717, 1.165) is 12.8 Å². The molecule has 0 aromatic carbocycles. The first-order valence-corrected chi connectivity index (χ1v) is 5.94. The summed E-state index contributed by atoms with van der Waals surface area (Å²) in [5, 5.41) is 0. The van der Waals surface area contributed by atoms with E-state index in [4.69, 9.17) is 16.2 Å². The van der Waals surface area contributed by atoms with Crippen LogP contribution >= 0.6 is 0 Å².